The van der Waals surface area contributed by atoms with Gasteiger partial charge in [-0.3, -0.25) is 0 Å². The molecule has 0 radical (unpaired) electrons. The molecule has 1 nitrogen and oxygen atoms in total. The normalized spacial score (nSPS) is 10.2. The third kappa shape index (κ3) is 2.04. The highest BCUT2D eigenvalue weighted by Crippen LogP contribution is 2.22. The van der Waals surface area contributed by atoms with Crippen molar-refractivity contribution in [2.45, 2.75) is 20.4 Å². The molecule has 2 rings (SSSR count). The summed E-state index contributed by atoms with van der Waals surface area (Å²) >= 11 is 7.76. The standard InChI is InChI=1S/C10H11ClNS.HI/c1-3-12-7(2)13-10-5-4-8(11)6-9(10)12;/h4-6H,3H2,1-2H3;1H/q+1;/p-1. The number of rotatable bonds is 1. The van der Waals surface area contributed by atoms with Crippen LogP contribution >= 0.6 is 22.9 Å². The summed E-state index contributed by atoms with van der Waals surface area (Å²) in [5, 5.41) is 2.15. The molecule has 0 aliphatic heterocycles. The number of fused-ring (bicyclic) bond motifs is 1. The van der Waals surface area contributed by atoms with Gasteiger partial charge in [-0.05, 0) is 19.1 Å². The van der Waals surface area contributed by atoms with Crippen LogP contribution in [0.3, 0.4) is 0 Å². The molecule has 0 spiro atoms. The van der Waals surface area contributed by atoms with E-state index in [4.69, 9.17) is 11.6 Å². The molecule has 0 amide bonds. The predicted molar refractivity (Wildman–Crippen MR) is 57.4 cm³/mol. The third-order valence-electron chi connectivity index (χ3n) is 2.17. The lowest BCUT2D eigenvalue weighted by molar-refractivity contribution is -0.669. The van der Waals surface area contributed by atoms with E-state index in [2.05, 4.69) is 24.5 Å². The minimum absolute atomic E-state index is 0. The number of hydrogen-bond donors (Lipinski definition) is 0. The Bertz CT molecular complexity index is 453. The second-order valence-corrected chi connectivity index (χ2v) is 4.65. The van der Waals surface area contributed by atoms with Gasteiger partial charge < -0.3 is 24.0 Å². The molecule has 1 heterocycles. The van der Waals surface area contributed by atoms with Gasteiger partial charge in [0.15, 0.2) is 0 Å². The van der Waals surface area contributed by atoms with Gasteiger partial charge in [0.1, 0.15) is 11.2 Å². The van der Waals surface area contributed by atoms with E-state index in [9.17, 15) is 0 Å². The Kier molecular flexibility index (Phi) is 4.15. The SMILES string of the molecule is CC[n+]1c(C)sc2ccc(Cl)cc21.[I-]. The fourth-order valence-electron chi connectivity index (χ4n) is 1.56. The van der Waals surface area contributed by atoms with Crippen molar-refractivity contribution in [1.29, 1.82) is 0 Å². The lowest BCUT2D eigenvalue weighted by atomic mass is 10.3. The van der Waals surface area contributed by atoms with Gasteiger partial charge in [0.25, 0.3) is 0 Å². The average Bonchev–Trinajstić information content (AvgIpc) is 2.40. The third-order valence-corrected chi connectivity index (χ3v) is 3.48. The van der Waals surface area contributed by atoms with Crippen molar-refractivity contribution in [3.8, 4) is 0 Å². The number of hydrogen-bond acceptors (Lipinski definition) is 1. The van der Waals surface area contributed by atoms with Gasteiger partial charge in [-0.2, -0.15) is 4.57 Å². The summed E-state index contributed by atoms with van der Waals surface area (Å²) in [6.45, 7) is 5.30. The Hall–Kier alpha value is 0.130. The van der Waals surface area contributed by atoms with Gasteiger partial charge in [0.05, 0.1) is 0 Å². The zero-order chi connectivity index (χ0) is 9.42. The van der Waals surface area contributed by atoms with Gasteiger partial charge in [-0.1, -0.05) is 22.9 Å². The Morgan fingerprint density at radius 2 is 2.14 bits per heavy atom. The van der Waals surface area contributed by atoms with Crippen LogP contribution in [0.5, 0.6) is 0 Å². The smallest absolute Gasteiger partial charge is 0.235 e. The highest BCUT2D eigenvalue weighted by atomic mass is 127. The van der Waals surface area contributed by atoms with Crippen molar-refractivity contribution in [1.82, 2.24) is 0 Å². The minimum Gasteiger partial charge on any atom is -1.00 e. The van der Waals surface area contributed by atoms with E-state index in [0.29, 0.717) is 0 Å². The van der Waals surface area contributed by atoms with Crippen LogP contribution in [-0.2, 0) is 6.54 Å². The summed E-state index contributed by atoms with van der Waals surface area (Å²) in [4.78, 5) is 0. The predicted octanol–water partition coefficient (Wildman–Crippen LogP) is 0.175. The fraction of sp³-hybridized carbons (Fsp3) is 0.300. The Morgan fingerprint density at radius 1 is 1.43 bits per heavy atom. The average molecular weight is 340 g/mol. The Morgan fingerprint density at radius 3 is 2.79 bits per heavy atom. The molecule has 76 valence electrons. The first-order valence-electron chi connectivity index (χ1n) is 4.31. The molecule has 14 heavy (non-hydrogen) atoms. The van der Waals surface area contributed by atoms with Crippen LogP contribution in [0.2, 0.25) is 5.02 Å². The molecule has 0 saturated heterocycles. The van der Waals surface area contributed by atoms with Crippen molar-refractivity contribution < 1.29 is 28.5 Å². The monoisotopic (exact) mass is 339 g/mol. The second kappa shape index (κ2) is 4.77. The van der Waals surface area contributed by atoms with E-state index in [0.717, 1.165) is 11.6 Å². The molecular formula is C10H11ClINS. The Labute approximate surface area is 110 Å². The molecule has 0 saturated carbocycles. The van der Waals surface area contributed by atoms with Crippen LogP contribution < -0.4 is 28.5 Å². The van der Waals surface area contributed by atoms with E-state index < -0.39 is 0 Å². The van der Waals surface area contributed by atoms with Crippen LogP contribution in [0.25, 0.3) is 10.2 Å². The highest BCUT2D eigenvalue weighted by molar-refractivity contribution is 7.18. The summed E-state index contributed by atoms with van der Waals surface area (Å²) in [5.74, 6) is 0. The maximum absolute atomic E-state index is 5.95. The van der Waals surface area contributed by atoms with E-state index in [1.54, 1.807) is 0 Å². The summed E-state index contributed by atoms with van der Waals surface area (Å²) in [5.41, 5.74) is 1.25. The molecule has 0 unspecified atom stereocenters. The maximum atomic E-state index is 5.95. The minimum atomic E-state index is 0. The van der Waals surface area contributed by atoms with Crippen molar-refractivity contribution in [3.63, 3.8) is 0 Å². The molecule has 0 fully saturated rings. The van der Waals surface area contributed by atoms with Crippen LogP contribution in [0.4, 0.5) is 0 Å². The second-order valence-electron chi connectivity index (χ2n) is 2.98. The fourth-order valence-corrected chi connectivity index (χ4v) is 2.80. The van der Waals surface area contributed by atoms with Crippen molar-refractivity contribution in [2.75, 3.05) is 0 Å². The first-order valence-corrected chi connectivity index (χ1v) is 5.50. The van der Waals surface area contributed by atoms with Gasteiger partial charge in [0.2, 0.25) is 10.5 Å². The number of thiazole rings is 1. The molecule has 0 aliphatic carbocycles. The number of aromatic nitrogens is 1. The molecule has 0 aliphatic rings. The molecule has 4 heteroatoms. The number of benzene rings is 1. The zero-order valence-corrected chi connectivity index (χ0v) is 11.8. The van der Waals surface area contributed by atoms with Crippen LogP contribution in [-0.4, -0.2) is 0 Å². The highest BCUT2D eigenvalue weighted by Gasteiger charge is 2.14. The summed E-state index contributed by atoms with van der Waals surface area (Å²) in [7, 11) is 0. The first kappa shape index (κ1) is 12.2. The molecule has 0 N–H and O–H groups in total. The van der Waals surface area contributed by atoms with Crippen LogP contribution in [0.1, 0.15) is 11.9 Å². The molecule has 0 atom stereocenters. The quantitative estimate of drug-likeness (QED) is 0.515. The first-order chi connectivity index (χ1) is 6.22. The number of aryl methyl sites for hydroxylation is 2. The van der Waals surface area contributed by atoms with Gasteiger partial charge in [0, 0.05) is 18.0 Å². The summed E-state index contributed by atoms with van der Waals surface area (Å²) < 4.78 is 3.59. The maximum Gasteiger partial charge on any atom is 0.235 e. The molecule has 0 bridgehead atoms. The van der Waals surface area contributed by atoms with Gasteiger partial charge in [-0.15, -0.1) is 0 Å². The molecule has 1 aromatic carbocycles. The zero-order valence-electron chi connectivity index (χ0n) is 8.05. The number of halogens is 2. The lowest BCUT2D eigenvalue weighted by Crippen LogP contribution is -3.00. The molecule has 1 aromatic heterocycles. The van der Waals surface area contributed by atoms with E-state index >= 15 is 0 Å². The van der Waals surface area contributed by atoms with Crippen LogP contribution in [0, 0.1) is 6.92 Å². The van der Waals surface area contributed by atoms with Crippen LogP contribution in [0.15, 0.2) is 18.2 Å². The number of nitrogens with zero attached hydrogens (tertiary/aromatic N) is 1. The molecule has 2 aromatic rings. The largest absolute Gasteiger partial charge is 1.00 e. The summed E-state index contributed by atoms with van der Waals surface area (Å²) in [6.07, 6.45) is 0. The summed E-state index contributed by atoms with van der Waals surface area (Å²) in [6, 6.07) is 6.06. The topological polar surface area (TPSA) is 3.88 Å². The van der Waals surface area contributed by atoms with Crippen molar-refractivity contribution in [3.05, 3.63) is 28.2 Å². The lowest BCUT2D eigenvalue weighted by Gasteiger charge is -1.90. The van der Waals surface area contributed by atoms with Crippen molar-refractivity contribution in [2.24, 2.45) is 0 Å². The van der Waals surface area contributed by atoms with E-state index in [-0.39, 0.29) is 24.0 Å². The van der Waals surface area contributed by atoms with Gasteiger partial charge >= 0.3 is 0 Å². The van der Waals surface area contributed by atoms with Crippen molar-refractivity contribution >= 4 is 33.2 Å². The Balaban J connectivity index is 0.000000980. The molecular weight excluding hydrogens is 329 g/mol. The van der Waals surface area contributed by atoms with E-state index in [1.165, 1.54) is 15.2 Å². The van der Waals surface area contributed by atoms with E-state index in [1.807, 2.05) is 23.5 Å². The van der Waals surface area contributed by atoms with Gasteiger partial charge in [-0.25, -0.2) is 0 Å².